The Morgan fingerprint density at radius 3 is 2.54 bits per heavy atom. The van der Waals surface area contributed by atoms with Crippen molar-refractivity contribution in [3.8, 4) is 16.9 Å². The Morgan fingerprint density at radius 2 is 1.93 bits per heavy atom. The van der Waals surface area contributed by atoms with Crippen LogP contribution in [0.25, 0.3) is 11.1 Å². The summed E-state index contributed by atoms with van der Waals surface area (Å²) in [6.07, 6.45) is 3.07. The van der Waals surface area contributed by atoms with Gasteiger partial charge in [-0.05, 0) is 47.4 Å². The summed E-state index contributed by atoms with van der Waals surface area (Å²) in [5.41, 5.74) is 7.96. The third-order valence-electron chi connectivity index (χ3n) is 4.52. The van der Waals surface area contributed by atoms with E-state index < -0.39 is 0 Å². The van der Waals surface area contributed by atoms with Crippen LogP contribution in [0.15, 0.2) is 53.6 Å². The first-order chi connectivity index (χ1) is 13.2. The van der Waals surface area contributed by atoms with E-state index in [4.69, 9.17) is 10.5 Å². The van der Waals surface area contributed by atoms with Gasteiger partial charge in [0.15, 0.2) is 5.78 Å². The second-order valence-corrected chi connectivity index (χ2v) is 7.57. The molecule has 3 aromatic rings. The second-order valence-electron chi connectivity index (χ2n) is 7.57. The summed E-state index contributed by atoms with van der Waals surface area (Å²) in [5, 5.41) is 0. The van der Waals surface area contributed by atoms with E-state index in [1.807, 2.05) is 26.8 Å². The Morgan fingerprint density at radius 1 is 1.18 bits per heavy atom. The molecule has 0 saturated heterocycles. The van der Waals surface area contributed by atoms with Gasteiger partial charge >= 0.3 is 0 Å². The number of nitrogen functional groups attached to an aromatic ring is 1. The number of carbonyl (C=O) groups excluding carboxylic acids is 1. The van der Waals surface area contributed by atoms with E-state index in [1.165, 1.54) is 19.4 Å². The third-order valence-corrected chi connectivity index (χ3v) is 4.52. The number of hydrogen-bond acceptors (Lipinski definition) is 5. The van der Waals surface area contributed by atoms with E-state index in [1.54, 1.807) is 30.5 Å². The molecule has 0 spiro atoms. The van der Waals surface area contributed by atoms with Crippen LogP contribution in [0.2, 0.25) is 0 Å². The maximum absolute atomic E-state index is 13.3. The summed E-state index contributed by atoms with van der Waals surface area (Å²) in [4.78, 5) is 32.2. The minimum atomic E-state index is -0.310. The van der Waals surface area contributed by atoms with E-state index in [2.05, 4.69) is 9.97 Å². The van der Waals surface area contributed by atoms with Gasteiger partial charge in [0.1, 0.15) is 11.6 Å². The summed E-state index contributed by atoms with van der Waals surface area (Å²) >= 11 is 0. The van der Waals surface area contributed by atoms with Crippen molar-refractivity contribution in [3.63, 3.8) is 0 Å². The van der Waals surface area contributed by atoms with E-state index in [0.29, 0.717) is 28.0 Å². The molecular weight excluding hydrogens is 354 g/mol. The Kier molecular flexibility index (Phi) is 5.05. The van der Waals surface area contributed by atoms with Gasteiger partial charge in [0.05, 0.1) is 12.7 Å². The van der Waals surface area contributed by atoms with Gasteiger partial charge in [-0.3, -0.25) is 9.59 Å². The number of H-pyrrole nitrogens is 1. The molecule has 0 aliphatic rings. The van der Waals surface area contributed by atoms with Gasteiger partial charge in [-0.15, -0.1) is 0 Å². The van der Waals surface area contributed by atoms with Gasteiger partial charge in [0.2, 0.25) is 0 Å². The number of ketones is 1. The Labute approximate surface area is 163 Å². The molecule has 3 rings (SSSR count). The van der Waals surface area contributed by atoms with Crippen LogP contribution in [0.1, 0.15) is 42.3 Å². The number of carbonyl (C=O) groups is 1. The van der Waals surface area contributed by atoms with Crippen LogP contribution in [-0.4, -0.2) is 22.9 Å². The zero-order valence-electron chi connectivity index (χ0n) is 16.4. The highest BCUT2D eigenvalue weighted by molar-refractivity contribution is 6.12. The molecule has 3 N–H and O–H groups in total. The highest BCUT2D eigenvalue weighted by Gasteiger charge is 2.26. The van der Waals surface area contributed by atoms with Gasteiger partial charge < -0.3 is 15.5 Å². The zero-order chi connectivity index (χ0) is 20.5. The summed E-state index contributed by atoms with van der Waals surface area (Å²) in [6, 6.07) is 10.2. The molecule has 2 heterocycles. The molecule has 0 unspecified atom stereocenters. The first-order valence-electron chi connectivity index (χ1n) is 8.89. The number of benzene rings is 1. The molecule has 0 radical (unpaired) electrons. The van der Waals surface area contributed by atoms with Crippen LogP contribution in [0.4, 0.5) is 5.82 Å². The van der Waals surface area contributed by atoms with Crippen LogP contribution in [-0.2, 0) is 5.41 Å². The number of nitrogens with two attached hydrogens (primary N) is 1. The molecule has 2 aromatic heterocycles. The third kappa shape index (κ3) is 3.67. The standard InChI is InChI=1S/C22H23N3O3/c1-22(2,3)17-11-14(15-6-5-8-25-21(15)27)10-16(20(17)28-4)19(26)13-7-9-24-18(23)12-13/h5-12H,1-4H3,(H2,23,24)(H,25,27). The van der Waals surface area contributed by atoms with Crippen molar-refractivity contribution >= 4 is 11.6 Å². The number of aromatic nitrogens is 2. The smallest absolute Gasteiger partial charge is 0.255 e. The molecule has 0 fully saturated rings. The lowest BCUT2D eigenvalue weighted by atomic mass is 9.82. The Hall–Kier alpha value is -3.41. The first-order valence-corrected chi connectivity index (χ1v) is 8.89. The van der Waals surface area contributed by atoms with Crippen molar-refractivity contribution < 1.29 is 9.53 Å². The average Bonchev–Trinajstić information content (AvgIpc) is 2.66. The number of methoxy groups -OCH3 is 1. The van der Waals surface area contributed by atoms with Crippen LogP contribution < -0.4 is 16.0 Å². The zero-order valence-corrected chi connectivity index (χ0v) is 16.4. The minimum Gasteiger partial charge on any atom is -0.496 e. The van der Waals surface area contributed by atoms with Crippen LogP contribution >= 0.6 is 0 Å². The predicted octanol–water partition coefficient (Wildman–Crippen LogP) is 3.56. The van der Waals surface area contributed by atoms with Crippen LogP contribution in [0.3, 0.4) is 0 Å². The molecule has 0 aliphatic carbocycles. The normalized spacial score (nSPS) is 11.3. The lowest BCUT2D eigenvalue weighted by molar-refractivity contribution is 0.103. The maximum Gasteiger partial charge on any atom is 0.255 e. The Balaban J connectivity index is 2.31. The SMILES string of the molecule is COc1c(C(=O)c2ccnc(N)c2)cc(-c2ccc[nH]c2=O)cc1C(C)(C)C. The van der Waals surface area contributed by atoms with Gasteiger partial charge in [-0.2, -0.15) is 0 Å². The van der Waals surface area contributed by atoms with Gasteiger partial charge in [0, 0.05) is 29.1 Å². The molecule has 144 valence electrons. The average molecular weight is 377 g/mol. The van der Waals surface area contributed by atoms with Crippen molar-refractivity contribution in [1.29, 1.82) is 0 Å². The molecule has 6 heteroatoms. The van der Waals surface area contributed by atoms with Crippen molar-refractivity contribution in [2.75, 3.05) is 12.8 Å². The quantitative estimate of drug-likeness (QED) is 0.678. The number of ether oxygens (including phenoxy) is 1. The number of pyridine rings is 2. The van der Waals surface area contributed by atoms with Crippen molar-refractivity contribution in [3.05, 3.63) is 75.8 Å². The maximum atomic E-state index is 13.3. The van der Waals surface area contributed by atoms with Gasteiger partial charge in [0.25, 0.3) is 5.56 Å². The topological polar surface area (TPSA) is 98.1 Å². The number of nitrogens with zero attached hydrogens (tertiary/aromatic N) is 1. The molecule has 28 heavy (non-hydrogen) atoms. The summed E-state index contributed by atoms with van der Waals surface area (Å²) in [7, 11) is 1.54. The minimum absolute atomic E-state index is 0.223. The number of hydrogen-bond donors (Lipinski definition) is 2. The van der Waals surface area contributed by atoms with Crippen LogP contribution in [0.5, 0.6) is 5.75 Å². The molecule has 0 atom stereocenters. The second kappa shape index (κ2) is 7.31. The van der Waals surface area contributed by atoms with E-state index in [9.17, 15) is 9.59 Å². The number of nitrogens with one attached hydrogen (secondary N) is 1. The molecule has 0 aliphatic heterocycles. The molecule has 0 bridgehead atoms. The fraction of sp³-hybridized carbons (Fsp3) is 0.227. The van der Waals surface area contributed by atoms with Gasteiger partial charge in [-0.1, -0.05) is 20.8 Å². The van der Waals surface area contributed by atoms with Crippen molar-refractivity contribution in [1.82, 2.24) is 9.97 Å². The fourth-order valence-electron chi connectivity index (χ4n) is 3.12. The molecular formula is C22H23N3O3. The number of rotatable bonds is 4. The summed E-state index contributed by atoms with van der Waals surface area (Å²) in [6.45, 7) is 6.09. The molecule has 0 saturated carbocycles. The molecule has 0 amide bonds. The fourth-order valence-corrected chi connectivity index (χ4v) is 3.12. The number of aromatic amines is 1. The summed E-state index contributed by atoms with van der Waals surface area (Å²) < 4.78 is 5.64. The van der Waals surface area contributed by atoms with Crippen molar-refractivity contribution in [2.24, 2.45) is 0 Å². The van der Waals surface area contributed by atoms with Crippen LogP contribution in [0, 0.1) is 0 Å². The molecule has 6 nitrogen and oxygen atoms in total. The molecule has 1 aromatic carbocycles. The monoisotopic (exact) mass is 377 g/mol. The summed E-state index contributed by atoms with van der Waals surface area (Å²) in [5.74, 6) is 0.506. The number of anilines is 1. The van der Waals surface area contributed by atoms with E-state index in [-0.39, 0.29) is 22.6 Å². The lowest BCUT2D eigenvalue weighted by Gasteiger charge is -2.25. The van der Waals surface area contributed by atoms with Gasteiger partial charge in [-0.25, -0.2) is 4.98 Å². The van der Waals surface area contributed by atoms with Crippen molar-refractivity contribution in [2.45, 2.75) is 26.2 Å². The predicted molar refractivity (Wildman–Crippen MR) is 110 cm³/mol. The Bertz CT molecular complexity index is 1090. The lowest BCUT2D eigenvalue weighted by Crippen LogP contribution is -2.17. The largest absolute Gasteiger partial charge is 0.496 e. The first kappa shape index (κ1) is 19.4. The highest BCUT2D eigenvalue weighted by Crippen LogP contribution is 2.38. The highest BCUT2D eigenvalue weighted by atomic mass is 16.5. The van der Waals surface area contributed by atoms with E-state index in [0.717, 1.165) is 5.56 Å². The van der Waals surface area contributed by atoms with E-state index >= 15 is 0 Å².